The Labute approximate surface area is 140 Å². The second-order valence-corrected chi connectivity index (χ2v) is 8.71. The van der Waals surface area contributed by atoms with E-state index < -0.39 is 0 Å². The van der Waals surface area contributed by atoms with Gasteiger partial charge in [0.05, 0.1) is 16.3 Å². The average Bonchev–Trinajstić information content (AvgIpc) is 2.52. The van der Waals surface area contributed by atoms with E-state index in [-0.39, 0.29) is 16.3 Å². The summed E-state index contributed by atoms with van der Waals surface area (Å²) in [5.74, 6) is 1.90. The van der Waals surface area contributed by atoms with Gasteiger partial charge in [-0.15, -0.1) is 0 Å². The molecule has 0 heterocycles. The molecule has 0 N–H and O–H groups in total. The van der Waals surface area contributed by atoms with Gasteiger partial charge in [0.25, 0.3) is 0 Å². The van der Waals surface area contributed by atoms with Crippen molar-refractivity contribution in [1.29, 1.82) is 0 Å². The number of hydrogen-bond acceptors (Lipinski definition) is 2. The molecule has 0 fully saturated rings. The summed E-state index contributed by atoms with van der Waals surface area (Å²) >= 11 is 1.47. The van der Waals surface area contributed by atoms with Crippen molar-refractivity contribution in [2.24, 2.45) is 0 Å². The molecule has 6 heteroatoms. The van der Waals surface area contributed by atoms with E-state index in [1.807, 2.05) is 24.3 Å². The van der Waals surface area contributed by atoms with Crippen molar-refractivity contribution in [2.45, 2.75) is 27.7 Å². The zero-order chi connectivity index (χ0) is 15.4. The first-order chi connectivity index (χ1) is 9.73. The molecule has 1 aromatic rings. The van der Waals surface area contributed by atoms with E-state index in [4.69, 9.17) is 9.05 Å². The molecule has 20 heavy (non-hydrogen) atoms. The van der Waals surface area contributed by atoms with Crippen LogP contribution in [0.3, 0.4) is 0 Å². The van der Waals surface area contributed by atoms with Crippen LogP contribution in [0.1, 0.15) is 27.7 Å². The van der Waals surface area contributed by atoms with E-state index >= 15 is 0 Å². The fourth-order valence-corrected chi connectivity index (χ4v) is 3.83. The second kappa shape index (κ2) is 13.3. The van der Waals surface area contributed by atoms with Crippen LogP contribution < -0.4 is 9.05 Å². The van der Waals surface area contributed by atoms with E-state index in [1.54, 1.807) is 0 Å². The molecule has 0 aromatic heterocycles. The second-order valence-electron chi connectivity index (χ2n) is 3.89. The summed E-state index contributed by atoms with van der Waals surface area (Å²) < 4.78 is 12.0. The van der Waals surface area contributed by atoms with Gasteiger partial charge < -0.3 is 9.05 Å². The van der Waals surface area contributed by atoms with Crippen molar-refractivity contribution in [2.75, 3.05) is 24.6 Å². The molecule has 0 aliphatic heterocycles. The normalized spacial score (nSPS) is 10.2. The summed E-state index contributed by atoms with van der Waals surface area (Å²) in [6, 6.07) is 8.09. The zero-order valence-corrected chi connectivity index (χ0v) is 17.5. The molecule has 1 aromatic carbocycles. The van der Waals surface area contributed by atoms with Crippen molar-refractivity contribution in [3.63, 3.8) is 0 Å². The third-order valence-corrected chi connectivity index (χ3v) is 6.45. The maximum absolute atomic E-state index is 5.99. The third-order valence-electron chi connectivity index (χ3n) is 2.69. The van der Waals surface area contributed by atoms with Gasteiger partial charge in [0.15, 0.2) is 0 Å². The Morgan fingerprint density at radius 1 is 0.850 bits per heavy atom. The number of halogens is 1. The fourth-order valence-electron chi connectivity index (χ4n) is 1.59. The van der Waals surface area contributed by atoms with Gasteiger partial charge in [-0.05, 0) is 12.1 Å². The Morgan fingerprint density at radius 2 is 1.20 bits per heavy atom. The van der Waals surface area contributed by atoms with Crippen LogP contribution in [-0.2, 0) is 17.9 Å². The molecule has 0 aliphatic carbocycles. The Kier molecular flexibility index (Phi) is 13.7. The van der Waals surface area contributed by atoms with Crippen molar-refractivity contribution < 1.29 is 26.9 Å². The summed E-state index contributed by atoms with van der Waals surface area (Å²) in [7, 11) is 3.99. The molecule has 1 rings (SSSR count). The van der Waals surface area contributed by atoms with Crippen LogP contribution in [0.15, 0.2) is 24.3 Å². The molecular weight excluding hydrogens is 490 g/mol. The SMILES string of the molecule is CCP(CC)Oc1cccc(OP(CC)CC)c1.[Cl][Ir]. The summed E-state index contributed by atoms with van der Waals surface area (Å²) in [6.07, 6.45) is 4.42. The molecule has 0 atom stereocenters. The number of hydrogen-bond donors (Lipinski definition) is 0. The van der Waals surface area contributed by atoms with E-state index in [0.29, 0.717) is 0 Å². The molecule has 0 saturated heterocycles. The fraction of sp³-hybridized carbons (Fsp3) is 0.571. The van der Waals surface area contributed by atoms with Gasteiger partial charge in [-0.3, -0.25) is 0 Å². The van der Waals surface area contributed by atoms with Gasteiger partial charge in [0.2, 0.25) is 0 Å². The zero-order valence-electron chi connectivity index (χ0n) is 12.6. The maximum atomic E-state index is 5.99. The molecule has 0 aliphatic rings. The van der Waals surface area contributed by atoms with E-state index in [1.165, 1.54) is 17.9 Å². The quantitative estimate of drug-likeness (QED) is 0.397. The van der Waals surface area contributed by atoms with Gasteiger partial charge in [0, 0.05) is 30.7 Å². The summed E-state index contributed by atoms with van der Waals surface area (Å²) in [5.41, 5.74) is 0. The first-order valence-electron chi connectivity index (χ1n) is 6.81. The molecule has 118 valence electrons. The van der Waals surface area contributed by atoms with Crippen molar-refractivity contribution in [3.05, 3.63) is 24.3 Å². The van der Waals surface area contributed by atoms with Crippen LogP contribution in [0.4, 0.5) is 0 Å². The van der Waals surface area contributed by atoms with Crippen molar-refractivity contribution in [3.8, 4) is 11.5 Å². The molecule has 0 unspecified atom stereocenters. The van der Waals surface area contributed by atoms with Gasteiger partial charge in [-0.1, -0.05) is 33.8 Å². The van der Waals surface area contributed by atoms with Crippen molar-refractivity contribution in [1.82, 2.24) is 0 Å². The van der Waals surface area contributed by atoms with Gasteiger partial charge >= 0.3 is 27.5 Å². The summed E-state index contributed by atoms with van der Waals surface area (Å²) in [6.45, 7) is 8.73. The monoisotopic (exact) mass is 514 g/mol. The predicted octanol–water partition coefficient (Wildman–Crippen LogP) is 6.00. The van der Waals surface area contributed by atoms with Gasteiger partial charge in [0.1, 0.15) is 11.5 Å². The molecular formula is C14H24ClIrO2P2. The van der Waals surface area contributed by atoms with Gasteiger partial charge in [-0.2, -0.15) is 0 Å². The van der Waals surface area contributed by atoms with Crippen molar-refractivity contribution >= 4 is 25.9 Å². The Hall–Kier alpha value is 0.619. The molecule has 0 radical (unpaired) electrons. The Balaban J connectivity index is 0.00000172. The topological polar surface area (TPSA) is 18.5 Å². The molecule has 2 nitrogen and oxygen atoms in total. The first kappa shape index (κ1) is 20.6. The predicted molar refractivity (Wildman–Crippen MR) is 89.6 cm³/mol. The third kappa shape index (κ3) is 8.16. The molecule has 0 spiro atoms. The van der Waals surface area contributed by atoms with Crippen LogP contribution in [0, 0.1) is 0 Å². The minimum absolute atomic E-state index is 0.323. The van der Waals surface area contributed by atoms with Crippen LogP contribution in [-0.4, -0.2) is 24.6 Å². The minimum atomic E-state index is -0.323. The Bertz CT molecular complexity index is 318. The van der Waals surface area contributed by atoms with E-state index in [9.17, 15) is 0 Å². The molecule has 0 saturated carbocycles. The van der Waals surface area contributed by atoms with E-state index in [2.05, 4.69) is 37.3 Å². The van der Waals surface area contributed by atoms with Crippen LogP contribution in [0.25, 0.3) is 0 Å². The number of rotatable bonds is 8. The van der Waals surface area contributed by atoms with Gasteiger partial charge in [-0.25, -0.2) is 0 Å². The molecule has 0 amide bonds. The van der Waals surface area contributed by atoms with Crippen LogP contribution >= 0.6 is 25.9 Å². The van der Waals surface area contributed by atoms with Crippen LogP contribution in [0.2, 0.25) is 0 Å². The average molecular weight is 514 g/mol. The number of benzene rings is 1. The Morgan fingerprint density at radius 3 is 1.50 bits per heavy atom. The first-order valence-corrected chi connectivity index (χ1v) is 13.0. The van der Waals surface area contributed by atoms with Crippen LogP contribution in [0.5, 0.6) is 11.5 Å². The summed E-state index contributed by atoms with van der Waals surface area (Å²) in [4.78, 5) is 0. The summed E-state index contributed by atoms with van der Waals surface area (Å²) in [5, 5.41) is 0. The standard InChI is InChI=1S/C14H24O2P2.ClH.Ir/c1-5-17(6-2)15-13-10-9-11-14(12-13)16-18(7-3)8-4;;/h9-12H,5-8H2,1-4H3;1H;/q;;+1/p-1. The van der Waals surface area contributed by atoms with E-state index in [0.717, 1.165) is 36.1 Å². The molecule has 0 bridgehead atoms.